The molecule has 0 atom stereocenters. The molecular weight excluding hydrogens is 232 g/mol. The molecule has 1 aromatic heterocycles. The van der Waals surface area contributed by atoms with Crippen molar-refractivity contribution in [1.82, 2.24) is 15.2 Å². The Morgan fingerprint density at radius 1 is 1.28 bits per heavy atom. The third-order valence-corrected chi connectivity index (χ3v) is 3.38. The first-order chi connectivity index (χ1) is 8.70. The van der Waals surface area contributed by atoms with Crippen molar-refractivity contribution in [3.8, 4) is 11.8 Å². The van der Waals surface area contributed by atoms with Gasteiger partial charge in [0.2, 0.25) is 5.88 Å². The van der Waals surface area contributed by atoms with Gasteiger partial charge in [-0.05, 0) is 26.6 Å². The molecule has 1 aromatic rings. The second-order valence-electron chi connectivity index (χ2n) is 4.67. The highest BCUT2D eigenvalue weighted by molar-refractivity contribution is 5.58. The summed E-state index contributed by atoms with van der Waals surface area (Å²) in [6, 6.07) is 1.58. The van der Waals surface area contributed by atoms with Crippen molar-refractivity contribution < 1.29 is 10.2 Å². The number of rotatable bonds is 5. The summed E-state index contributed by atoms with van der Waals surface area (Å²) < 4.78 is 0. The molecule has 1 aliphatic rings. The lowest BCUT2D eigenvalue weighted by atomic mass is 10.2. The smallest absolute Gasteiger partial charge is 0.215 e. The summed E-state index contributed by atoms with van der Waals surface area (Å²) in [4.78, 5) is 7.03. The van der Waals surface area contributed by atoms with Gasteiger partial charge < -0.3 is 20.4 Å². The van der Waals surface area contributed by atoms with E-state index in [0.717, 1.165) is 45.7 Å². The molecule has 102 valence electrons. The van der Waals surface area contributed by atoms with Crippen molar-refractivity contribution in [3.05, 3.63) is 6.07 Å². The van der Waals surface area contributed by atoms with Crippen molar-refractivity contribution in [1.29, 1.82) is 0 Å². The molecule has 0 bridgehead atoms. The van der Waals surface area contributed by atoms with Crippen molar-refractivity contribution in [2.45, 2.75) is 6.42 Å². The van der Waals surface area contributed by atoms with Gasteiger partial charge in [-0.25, -0.2) is 0 Å². The molecule has 0 radical (unpaired) electrons. The van der Waals surface area contributed by atoms with Crippen LogP contribution in [0.5, 0.6) is 11.8 Å². The molecule has 0 aromatic carbocycles. The van der Waals surface area contributed by atoms with Crippen molar-refractivity contribution in [2.24, 2.45) is 0 Å². The fourth-order valence-electron chi connectivity index (χ4n) is 2.35. The van der Waals surface area contributed by atoms with Crippen LogP contribution in [0.15, 0.2) is 6.07 Å². The fraction of sp³-hybridized carbons (Fsp3) is 0.667. The second-order valence-corrected chi connectivity index (χ2v) is 4.67. The summed E-state index contributed by atoms with van der Waals surface area (Å²) >= 11 is 0. The van der Waals surface area contributed by atoms with Gasteiger partial charge in [0.05, 0.1) is 0 Å². The zero-order chi connectivity index (χ0) is 13.0. The van der Waals surface area contributed by atoms with E-state index in [1.807, 2.05) is 7.05 Å². The zero-order valence-corrected chi connectivity index (χ0v) is 10.8. The van der Waals surface area contributed by atoms with Crippen molar-refractivity contribution in [3.63, 3.8) is 0 Å². The van der Waals surface area contributed by atoms with E-state index in [1.54, 1.807) is 6.07 Å². The fourth-order valence-corrected chi connectivity index (χ4v) is 2.35. The average Bonchev–Trinajstić information content (AvgIpc) is 2.70. The number of nitrogens with one attached hydrogen (secondary N) is 2. The number of nitrogens with zero attached hydrogens (tertiary/aromatic N) is 2. The van der Waals surface area contributed by atoms with Gasteiger partial charge in [0.25, 0.3) is 0 Å². The van der Waals surface area contributed by atoms with Gasteiger partial charge in [-0.3, -0.25) is 9.88 Å². The molecule has 6 heteroatoms. The van der Waals surface area contributed by atoms with Crippen molar-refractivity contribution in [2.75, 3.05) is 51.2 Å². The number of hydrogen-bond acceptors (Lipinski definition) is 5. The van der Waals surface area contributed by atoms with E-state index >= 15 is 0 Å². The minimum Gasteiger partial charge on any atom is -0.494 e. The van der Waals surface area contributed by atoms with Gasteiger partial charge in [0.1, 0.15) is 5.69 Å². The quantitative estimate of drug-likeness (QED) is 0.563. The lowest BCUT2D eigenvalue weighted by Gasteiger charge is -2.35. The molecule has 6 nitrogen and oxygen atoms in total. The van der Waals surface area contributed by atoms with E-state index in [9.17, 15) is 10.2 Å². The van der Waals surface area contributed by atoms with Gasteiger partial charge in [-0.15, -0.1) is 0 Å². The molecule has 1 aliphatic heterocycles. The molecule has 2 rings (SSSR count). The van der Waals surface area contributed by atoms with E-state index in [4.69, 9.17) is 0 Å². The van der Waals surface area contributed by atoms with Gasteiger partial charge in [0.15, 0.2) is 5.88 Å². The Hall–Kier alpha value is -1.40. The lowest BCUT2D eigenvalue weighted by Crippen LogP contribution is -2.46. The molecule has 0 unspecified atom stereocenters. The summed E-state index contributed by atoms with van der Waals surface area (Å²) in [7, 11) is 1.97. The van der Waals surface area contributed by atoms with Gasteiger partial charge in [-0.1, -0.05) is 0 Å². The highest BCUT2D eigenvalue weighted by Gasteiger charge is 2.20. The largest absolute Gasteiger partial charge is 0.494 e. The summed E-state index contributed by atoms with van der Waals surface area (Å²) in [6.45, 7) is 5.91. The highest BCUT2D eigenvalue weighted by atomic mass is 16.3. The molecule has 1 fully saturated rings. The molecule has 18 heavy (non-hydrogen) atoms. The Bertz CT molecular complexity index is 372. The Labute approximate surface area is 107 Å². The first-order valence-electron chi connectivity index (χ1n) is 6.43. The number of anilines is 1. The van der Waals surface area contributed by atoms with Gasteiger partial charge in [0, 0.05) is 32.2 Å². The summed E-state index contributed by atoms with van der Waals surface area (Å²) in [5, 5.41) is 22.1. The van der Waals surface area contributed by atoms with Crippen LogP contribution in [-0.4, -0.2) is 66.4 Å². The Kier molecular flexibility index (Phi) is 4.33. The molecule has 0 saturated carbocycles. The van der Waals surface area contributed by atoms with E-state index in [0.29, 0.717) is 5.69 Å². The minimum atomic E-state index is 0.0129. The topological polar surface area (TPSA) is 74.8 Å². The third-order valence-electron chi connectivity index (χ3n) is 3.38. The van der Waals surface area contributed by atoms with Gasteiger partial charge in [-0.2, -0.15) is 0 Å². The first kappa shape index (κ1) is 13.0. The molecule has 1 saturated heterocycles. The Balaban J connectivity index is 1.81. The number of hydrogen-bond donors (Lipinski definition) is 4. The normalized spacial score (nSPS) is 17.3. The minimum absolute atomic E-state index is 0.0129. The van der Waals surface area contributed by atoms with Crippen LogP contribution in [0, 0.1) is 0 Å². The van der Waals surface area contributed by atoms with E-state index < -0.39 is 0 Å². The maximum Gasteiger partial charge on any atom is 0.215 e. The lowest BCUT2D eigenvalue weighted by molar-refractivity contribution is 0.254. The number of aromatic nitrogens is 1. The van der Waals surface area contributed by atoms with Crippen LogP contribution < -0.4 is 10.2 Å². The molecule has 0 amide bonds. The maximum absolute atomic E-state index is 9.64. The summed E-state index contributed by atoms with van der Waals surface area (Å²) in [5.41, 5.74) is 0.697. The van der Waals surface area contributed by atoms with Crippen LogP contribution in [0.25, 0.3) is 0 Å². The average molecular weight is 254 g/mol. The van der Waals surface area contributed by atoms with Crippen LogP contribution >= 0.6 is 0 Å². The van der Waals surface area contributed by atoms with Crippen LogP contribution in [0.2, 0.25) is 0 Å². The maximum atomic E-state index is 9.64. The van der Waals surface area contributed by atoms with Crippen LogP contribution in [-0.2, 0) is 0 Å². The van der Waals surface area contributed by atoms with Gasteiger partial charge >= 0.3 is 0 Å². The van der Waals surface area contributed by atoms with E-state index in [2.05, 4.69) is 20.1 Å². The monoisotopic (exact) mass is 254 g/mol. The van der Waals surface area contributed by atoms with Crippen LogP contribution in [0.4, 0.5) is 5.69 Å². The van der Waals surface area contributed by atoms with Crippen LogP contribution in [0.3, 0.4) is 0 Å². The number of aromatic amines is 1. The molecule has 2 heterocycles. The number of aromatic hydroxyl groups is 2. The van der Waals surface area contributed by atoms with Crippen molar-refractivity contribution >= 4 is 5.69 Å². The molecule has 4 N–H and O–H groups in total. The van der Waals surface area contributed by atoms with E-state index in [-0.39, 0.29) is 11.8 Å². The molecule has 0 aliphatic carbocycles. The molecular formula is C12H22N4O2. The molecule has 0 spiro atoms. The summed E-state index contributed by atoms with van der Waals surface area (Å²) in [5.74, 6) is 0.0649. The Morgan fingerprint density at radius 2 is 2.00 bits per heavy atom. The SMILES string of the molecule is CNCCCN1CCN(c2cc(O)[nH]c2O)CC1. The summed E-state index contributed by atoms with van der Waals surface area (Å²) in [6.07, 6.45) is 1.16. The first-order valence-corrected chi connectivity index (χ1v) is 6.43. The highest BCUT2D eigenvalue weighted by Crippen LogP contribution is 2.31. The standard InChI is InChI=1S/C12H22N4O2/c1-13-3-2-4-15-5-7-16(8-6-15)10-9-11(17)14-12(10)18/h9,13-14,17-18H,2-8H2,1H3. The predicted octanol–water partition coefficient (Wildman–Crippen LogP) is 0.157. The number of piperazine rings is 1. The van der Waals surface area contributed by atoms with Crippen LogP contribution in [0.1, 0.15) is 6.42 Å². The Morgan fingerprint density at radius 3 is 2.56 bits per heavy atom. The number of H-pyrrole nitrogens is 1. The van der Waals surface area contributed by atoms with E-state index in [1.165, 1.54) is 0 Å². The third kappa shape index (κ3) is 3.08. The predicted molar refractivity (Wildman–Crippen MR) is 71.3 cm³/mol. The second kappa shape index (κ2) is 5.97. The zero-order valence-electron chi connectivity index (χ0n) is 10.8.